The molecule has 8 nitrogen and oxygen atoms in total. The Balaban J connectivity index is 1.60. The van der Waals surface area contributed by atoms with E-state index >= 15 is 0 Å². The lowest BCUT2D eigenvalue weighted by molar-refractivity contribution is 0.104. The molecule has 4 N–H and O–H groups in total. The quantitative estimate of drug-likeness (QED) is 0.380. The average Bonchev–Trinajstić information content (AvgIpc) is 3.17. The van der Waals surface area contributed by atoms with Gasteiger partial charge in [0.15, 0.2) is 5.78 Å². The van der Waals surface area contributed by atoms with Gasteiger partial charge in [-0.3, -0.25) is 4.79 Å². The zero-order valence-electron chi connectivity index (χ0n) is 17.8. The number of ketones is 1. The smallest absolute Gasteiger partial charge is 0.323 e. The molecule has 33 heavy (non-hydrogen) atoms. The summed E-state index contributed by atoms with van der Waals surface area (Å²) in [6.07, 6.45) is 3.03. The number of urea groups is 1. The monoisotopic (exact) mass is 450 g/mol. The van der Waals surface area contributed by atoms with Gasteiger partial charge >= 0.3 is 6.03 Å². The summed E-state index contributed by atoms with van der Waals surface area (Å²) in [4.78, 5) is 33.9. The van der Waals surface area contributed by atoms with Crippen molar-refractivity contribution in [2.45, 2.75) is 19.9 Å². The molecule has 10 heteroatoms. The molecule has 0 spiro atoms. The molecule has 0 aliphatic heterocycles. The number of nitrogen functional groups attached to an aromatic ring is 1. The summed E-state index contributed by atoms with van der Waals surface area (Å²) in [5.74, 6) is -1.79. The highest BCUT2D eigenvalue weighted by Gasteiger charge is 2.21. The Morgan fingerprint density at radius 3 is 2.58 bits per heavy atom. The van der Waals surface area contributed by atoms with Gasteiger partial charge in [-0.15, -0.1) is 0 Å². The summed E-state index contributed by atoms with van der Waals surface area (Å²) >= 11 is 0. The van der Waals surface area contributed by atoms with Gasteiger partial charge in [0.2, 0.25) is 0 Å². The van der Waals surface area contributed by atoms with Crippen LogP contribution in [0.1, 0.15) is 35.8 Å². The molecular formula is C23H20F2N6O2. The number of anilines is 3. The van der Waals surface area contributed by atoms with Crippen LogP contribution in [-0.2, 0) is 0 Å². The largest absolute Gasteiger partial charge is 0.383 e. The number of amides is 2. The second-order valence-corrected chi connectivity index (χ2v) is 7.61. The molecule has 0 atom stereocenters. The normalized spacial score (nSPS) is 11.1. The van der Waals surface area contributed by atoms with Crippen molar-refractivity contribution in [2.75, 3.05) is 16.4 Å². The second kappa shape index (κ2) is 8.65. The van der Waals surface area contributed by atoms with E-state index in [2.05, 4.69) is 20.6 Å². The summed E-state index contributed by atoms with van der Waals surface area (Å²) in [5, 5.41) is 5.29. The van der Waals surface area contributed by atoms with Crippen molar-refractivity contribution in [3.63, 3.8) is 0 Å². The van der Waals surface area contributed by atoms with Crippen LogP contribution in [0.4, 0.5) is 30.8 Å². The first-order chi connectivity index (χ1) is 15.7. The van der Waals surface area contributed by atoms with E-state index in [1.807, 2.05) is 18.4 Å². The van der Waals surface area contributed by atoms with Crippen LogP contribution in [0.15, 0.2) is 55.0 Å². The van der Waals surface area contributed by atoms with Gasteiger partial charge in [0, 0.05) is 29.6 Å². The number of benzene rings is 2. The van der Waals surface area contributed by atoms with E-state index in [9.17, 15) is 18.4 Å². The first kappa shape index (κ1) is 21.9. The first-order valence-corrected chi connectivity index (χ1v) is 10.0. The molecule has 4 aromatic rings. The number of carbonyl (C=O) groups excluding carboxylic acids is 2. The van der Waals surface area contributed by atoms with Gasteiger partial charge in [-0.1, -0.05) is 12.1 Å². The van der Waals surface area contributed by atoms with E-state index in [0.29, 0.717) is 33.9 Å². The minimum absolute atomic E-state index is 0.0342. The number of fused-ring (bicyclic) bond motifs is 1. The molecule has 0 fully saturated rings. The van der Waals surface area contributed by atoms with Crippen LogP contribution in [-0.4, -0.2) is 26.3 Å². The van der Waals surface area contributed by atoms with Crippen LogP contribution in [0.25, 0.3) is 11.0 Å². The van der Waals surface area contributed by atoms with Crippen LogP contribution < -0.4 is 16.4 Å². The molecule has 0 radical (unpaired) electrons. The number of aromatic nitrogens is 3. The van der Waals surface area contributed by atoms with Crippen LogP contribution in [0, 0.1) is 11.6 Å². The predicted octanol–water partition coefficient (Wildman–Crippen LogP) is 4.75. The molecule has 2 aromatic heterocycles. The number of nitrogens with two attached hydrogens (primary N) is 1. The van der Waals surface area contributed by atoms with Crippen LogP contribution in [0.5, 0.6) is 0 Å². The summed E-state index contributed by atoms with van der Waals surface area (Å²) < 4.78 is 28.7. The van der Waals surface area contributed by atoms with Gasteiger partial charge < -0.3 is 20.9 Å². The minimum Gasteiger partial charge on any atom is -0.383 e. The highest BCUT2D eigenvalue weighted by atomic mass is 19.1. The van der Waals surface area contributed by atoms with E-state index in [1.165, 1.54) is 12.4 Å². The number of carbonyl (C=O) groups is 2. The number of hydrogen-bond donors (Lipinski definition) is 3. The number of halogens is 2. The van der Waals surface area contributed by atoms with E-state index < -0.39 is 17.7 Å². The second-order valence-electron chi connectivity index (χ2n) is 7.61. The summed E-state index contributed by atoms with van der Waals surface area (Å²) in [6, 6.07) is 8.35. The highest BCUT2D eigenvalue weighted by Crippen LogP contribution is 2.29. The third-order valence-corrected chi connectivity index (χ3v) is 5.00. The van der Waals surface area contributed by atoms with Crippen molar-refractivity contribution in [1.82, 2.24) is 14.5 Å². The average molecular weight is 450 g/mol. The molecule has 2 amide bonds. The van der Waals surface area contributed by atoms with Crippen LogP contribution >= 0.6 is 0 Å². The summed E-state index contributed by atoms with van der Waals surface area (Å²) in [7, 11) is 0. The Morgan fingerprint density at radius 1 is 1.06 bits per heavy atom. The fourth-order valence-electron chi connectivity index (χ4n) is 3.44. The standard InChI is InChI=1S/C23H20F2N6O2/c1-12(2)31-10-16(19-21(26)27-11-28-22(19)31)20(32)13-4-3-5-15(8-13)29-23(33)30-18-7-6-14(24)9-17(18)25/h3-12H,1-2H3,(H2,26,27,28)(H2,29,30,33). The Kier molecular flexibility index (Phi) is 5.74. The first-order valence-electron chi connectivity index (χ1n) is 10.0. The van der Waals surface area contributed by atoms with E-state index in [4.69, 9.17) is 5.73 Å². The summed E-state index contributed by atoms with van der Waals surface area (Å²) in [5.41, 5.74) is 7.35. The van der Waals surface area contributed by atoms with Crippen molar-refractivity contribution >= 4 is 40.0 Å². The molecule has 2 heterocycles. The number of hydrogen-bond acceptors (Lipinski definition) is 5. The van der Waals surface area contributed by atoms with E-state index in [1.54, 1.807) is 24.4 Å². The van der Waals surface area contributed by atoms with Crippen molar-refractivity contribution in [3.8, 4) is 0 Å². The Morgan fingerprint density at radius 2 is 1.85 bits per heavy atom. The highest BCUT2D eigenvalue weighted by molar-refractivity contribution is 6.18. The Hall–Kier alpha value is -4.34. The fourth-order valence-corrected chi connectivity index (χ4v) is 3.44. The molecule has 0 saturated heterocycles. The maximum absolute atomic E-state index is 13.8. The molecule has 0 aliphatic carbocycles. The zero-order valence-corrected chi connectivity index (χ0v) is 17.8. The van der Waals surface area contributed by atoms with E-state index in [0.717, 1.165) is 12.1 Å². The van der Waals surface area contributed by atoms with Crippen molar-refractivity contribution in [2.24, 2.45) is 0 Å². The number of nitrogens with one attached hydrogen (secondary N) is 2. The third kappa shape index (κ3) is 4.36. The van der Waals surface area contributed by atoms with Crippen molar-refractivity contribution in [3.05, 3.63) is 77.8 Å². The zero-order chi connectivity index (χ0) is 23.7. The molecule has 4 rings (SSSR count). The maximum atomic E-state index is 13.8. The summed E-state index contributed by atoms with van der Waals surface area (Å²) in [6.45, 7) is 3.91. The lowest BCUT2D eigenvalue weighted by atomic mass is 10.0. The van der Waals surface area contributed by atoms with Crippen molar-refractivity contribution < 1.29 is 18.4 Å². The van der Waals surface area contributed by atoms with Gasteiger partial charge in [-0.05, 0) is 38.1 Å². The Bertz CT molecular complexity index is 1380. The van der Waals surface area contributed by atoms with Crippen LogP contribution in [0.2, 0.25) is 0 Å². The van der Waals surface area contributed by atoms with Gasteiger partial charge in [0.05, 0.1) is 16.6 Å². The minimum atomic E-state index is -0.907. The third-order valence-electron chi connectivity index (χ3n) is 5.00. The molecule has 0 unspecified atom stereocenters. The van der Waals surface area contributed by atoms with Gasteiger partial charge in [0.1, 0.15) is 29.4 Å². The SMILES string of the molecule is CC(C)n1cc(C(=O)c2cccc(NC(=O)Nc3ccc(F)cc3F)c2)c2c(N)ncnc21. The van der Waals surface area contributed by atoms with Crippen molar-refractivity contribution in [1.29, 1.82) is 0 Å². The molecule has 0 aliphatic rings. The van der Waals surface area contributed by atoms with Gasteiger partial charge in [-0.2, -0.15) is 0 Å². The molecule has 0 saturated carbocycles. The van der Waals surface area contributed by atoms with E-state index in [-0.39, 0.29) is 23.3 Å². The maximum Gasteiger partial charge on any atom is 0.323 e. The Labute approximate surface area is 187 Å². The predicted molar refractivity (Wildman–Crippen MR) is 121 cm³/mol. The molecule has 168 valence electrons. The topological polar surface area (TPSA) is 115 Å². The van der Waals surface area contributed by atoms with Gasteiger partial charge in [0.25, 0.3) is 0 Å². The lowest BCUT2D eigenvalue weighted by Gasteiger charge is -2.09. The lowest BCUT2D eigenvalue weighted by Crippen LogP contribution is -2.20. The molecule has 2 aromatic carbocycles. The van der Waals surface area contributed by atoms with Crippen LogP contribution in [0.3, 0.4) is 0 Å². The van der Waals surface area contributed by atoms with Gasteiger partial charge in [-0.25, -0.2) is 23.5 Å². The molecule has 0 bridgehead atoms. The molecular weight excluding hydrogens is 430 g/mol. The fraction of sp³-hybridized carbons (Fsp3) is 0.130. The number of rotatable bonds is 5. The number of nitrogens with zero attached hydrogens (tertiary/aromatic N) is 3.